The fourth-order valence-electron chi connectivity index (χ4n) is 2.18. The van der Waals surface area contributed by atoms with Crippen molar-refractivity contribution in [2.24, 2.45) is 0 Å². The molecule has 2 heteroatoms. The largest absolute Gasteiger partial charge is 0.135 e. The monoisotopic (exact) mass is 270 g/mol. The molecule has 0 fully saturated rings. The van der Waals surface area contributed by atoms with E-state index in [1.54, 1.807) is 0 Å². The second-order valence-corrected chi connectivity index (χ2v) is 6.33. The highest BCUT2D eigenvalue weighted by atomic mass is 32.1. The number of hydrogen-bond donors (Lipinski definition) is 0. The van der Waals surface area contributed by atoms with Crippen LogP contribution in [0.25, 0.3) is 20.2 Å². The van der Waals surface area contributed by atoms with Crippen molar-refractivity contribution in [2.75, 3.05) is 0 Å². The summed E-state index contributed by atoms with van der Waals surface area (Å²) < 4.78 is 3.54. The van der Waals surface area contributed by atoms with Crippen molar-refractivity contribution < 1.29 is 0 Å². The Morgan fingerprint density at radius 1 is 0.944 bits per heavy atom. The number of hydrogen-bond acceptors (Lipinski definition) is 2. The number of benzene rings is 2. The summed E-state index contributed by atoms with van der Waals surface area (Å²) in [6.45, 7) is 4.43. The lowest BCUT2D eigenvalue weighted by Crippen LogP contribution is -1.86. The van der Waals surface area contributed by atoms with Gasteiger partial charge in [0.15, 0.2) is 0 Å². The van der Waals surface area contributed by atoms with E-state index in [4.69, 9.17) is 12.2 Å². The van der Waals surface area contributed by atoms with E-state index in [1.807, 2.05) is 11.3 Å². The van der Waals surface area contributed by atoms with E-state index >= 15 is 0 Å². The summed E-state index contributed by atoms with van der Waals surface area (Å²) >= 11 is 7.47. The molecule has 2 aromatic carbocycles. The van der Waals surface area contributed by atoms with E-state index in [-0.39, 0.29) is 0 Å². The van der Waals surface area contributed by atoms with Gasteiger partial charge in [-0.25, -0.2) is 0 Å². The van der Waals surface area contributed by atoms with Crippen molar-refractivity contribution in [3.63, 3.8) is 0 Å². The van der Waals surface area contributed by atoms with Gasteiger partial charge in [0.25, 0.3) is 0 Å². The normalized spacial score (nSPS) is 11.5. The average Bonchev–Trinajstić information content (AvgIpc) is 2.38. The second-order valence-electron chi connectivity index (χ2n) is 4.84. The molecule has 1 aromatic heterocycles. The van der Waals surface area contributed by atoms with Gasteiger partial charge in [-0.3, -0.25) is 0 Å². The Kier molecular flexibility index (Phi) is 2.92. The predicted molar refractivity (Wildman–Crippen MR) is 84.3 cm³/mol. The molecule has 0 saturated heterocycles. The molecular weight excluding hydrogens is 256 g/mol. The van der Waals surface area contributed by atoms with Crippen LogP contribution >= 0.6 is 23.6 Å². The maximum absolute atomic E-state index is 5.65. The van der Waals surface area contributed by atoms with E-state index in [0.717, 1.165) is 4.51 Å². The molecule has 3 aromatic rings. The van der Waals surface area contributed by atoms with Crippen LogP contribution < -0.4 is 0 Å². The minimum absolute atomic E-state index is 0.542. The van der Waals surface area contributed by atoms with Gasteiger partial charge in [0, 0.05) is 20.2 Å². The first-order chi connectivity index (χ1) is 8.66. The molecule has 0 aliphatic rings. The van der Waals surface area contributed by atoms with E-state index in [0.29, 0.717) is 5.92 Å². The average molecular weight is 270 g/mol. The van der Waals surface area contributed by atoms with Crippen molar-refractivity contribution in [3.05, 3.63) is 52.5 Å². The van der Waals surface area contributed by atoms with Crippen LogP contribution in [0.2, 0.25) is 0 Å². The summed E-state index contributed by atoms with van der Waals surface area (Å²) in [5, 5.41) is 2.42. The predicted octanol–water partition coefficient (Wildman–Crippen LogP) is 5.91. The van der Waals surface area contributed by atoms with Crippen LogP contribution in [-0.4, -0.2) is 0 Å². The fraction of sp³-hybridized carbons (Fsp3) is 0.188. The fourth-order valence-corrected chi connectivity index (χ4v) is 3.73. The maximum atomic E-state index is 5.65. The second kappa shape index (κ2) is 4.45. The highest BCUT2D eigenvalue weighted by Gasteiger charge is 2.05. The molecule has 0 atom stereocenters. The van der Waals surface area contributed by atoms with Gasteiger partial charge in [-0.05, 0) is 29.7 Å². The SMILES string of the molecule is CC(C)c1ccc2sc3ccccc3c(=S)c2c1. The Bertz CT molecular complexity index is 782. The van der Waals surface area contributed by atoms with Crippen molar-refractivity contribution in [3.8, 4) is 0 Å². The summed E-state index contributed by atoms with van der Waals surface area (Å²) in [6, 6.07) is 15.1. The van der Waals surface area contributed by atoms with Gasteiger partial charge < -0.3 is 0 Å². The lowest BCUT2D eigenvalue weighted by Gasteiger charge is -2.08. The molecule has 0 saturated carbocycles. The zero-order valence-electron chi connectivity index (χ0n) is 10.4. The Morgan fingerprint density at radius 3 is 2.44 bits per heavy atom. The maximum Gasteiger partial charge on any atom is 0.0550 e. The van der Waals surface area contributed by atoms with Crippen LogP contribution in [-0.2, 0) is 0 Å². The van der Waals surface area contributed by atoms with Crippen LogP contribution in [0.5, 0.6) is 0 Å². The lowest BCUT2D eigenvalue weighted by molar-refractivity contribution is 0.869. The van der Waals surface area contributed by atoms with E-state index in [9.17, 15) is 0 Å². The topological polar surface area (TPSA) is 0 Å². The summed E-state index contributed by atoms with van der Waals surface area (Å²) in [5.74, 6) is 0.542. The van der Waals surface area contributed by atoms with Crippen LogP contribution in [0.15, 0.2) is 42.5 Å². The minimum atomic E-state index is 0.542. The standard InChI is InChI=1S/C16H14S2/c1-10(2)11-7-8-15-13(9-11)16(17)12-5-3-4-6-14(12)18-15/h3-10H,1-2H3. The van der Waals surface area contributed by atoms with Crippen LogP contribution in [0.4, 0.5) is 0 Å². The Labute approximate surface area is 116 Å². The van der Waals surface area contributed by atoms with Gasteiger partial charge in [0.1, 0.15) is 0 Å². The van der Waals surface area contributed by atoms with Gasteiger partial charge in [-0.2, -0.15) is 0 Å². The molecule has 0 bridgehead atoms. The highest BCUT2D eigenvalue weighted by molar-refractivity contribution is 7.72. The molecule has 0 spiro atoms. The Balaban J connectivity index is 2.45. The number of fused-ring (bicyclic) bond motifs is 2. The molecule has 0 aliphatic carbocycles. The Morgan fingerprint density at radius 2 is 1.67 bits per heavy atom. The molecule has 18 heavy (non-hydrogen) atoms. The summed E-state index contributed by atoms with van der Waals surface area (Å²) in [6.07, 6.45) is 0. The Hall–Kier alpha value is -1.25. The van der Waals surface area contributed by atoms with Crippen LogP contribution in [0.3, 0.4) is 0 Å². The minimum Gasteiger partial charge on any atom is -0.135 e. The zero-order chi connectivity index (χ0) is 12.7. The third-order valence-corrected chi connectivity index (χ3v) is 4.86. The third-order valence-electron chi connectivity index (χ3n) is 3.27. The first-order valence-corrected chi connectivity index (χ1v) is 7.35. The van der Waals surface area contributed by atoms with E-state index < -0.39 is 0 Å². The number of rotatable bonds is 1. The van der Waals surface area contributed by atoms with Crippen molar-refractivity contribution >= 4 is 43.7 Å². The van der Waals surface area contributed by atoms with Crippen molar-refractivity contribution in [2.45, 2.75) is 19.8 Å². The van der Waals surface area contributed by atoms with Crippen LogP contribution in [0.1, 0.15) is 25.3 Å². The quantitative estimate of drug-likeness (QED) is 0.391. The van der Waals surface area contributed by atoms with E-state index in [2.05, 4.69) is 56.3 Å². The van der Waals surface area contributed by atoms with Gasteiger partial charge in [0.2, 0.25) is 0 Å². The van der Waals surface area contributed by atoms with Gasteiger partial charge in [0.05, 0.1) is 4.51 Å². The van der Waals surface area contributed by atoms with Crippen molar-refractivity contribution in [1.29, 1.82) is 0 Å². The zero-order valence-corrected chi connectivity index (χ0v) is 12.1. The molecule has 0 N–H and O–H groups in total. The molecular formula is C16H14S2. The first kappa shape index (κ1) is 11.8. The van der Waals surface area contributed by atoms with E-state index in [1.165, 1.54) is 25.7 Å². The molecule has 3 rings (SSSR count). The molecule has 0 nitrogen and oxygen atoms in total. The molecule has 0 unspecified atom stereocenters. The smallest absolute Gasteiger partial charge is 0.0550 e. The van der Waals surface area contributed by atoms with Gasteiger partial charge >= 0.3 is 0 Å². The first-order valence-electron chi connectivity index (χ1n) is 6.12. The molecule has 0 amide bonds. The molecule has 0 radical (unpaired) electrons. The lowest BCUT2D eigenvalue weighted by atomic mass is 10.0. The van der Waals surface area contributed by atoms with Gasteiger partial charge in [-0.1, -0.05) is 50.3 Å². The summed E-state index contributed by atoms with van der Waals surface area (Å²) in [5.41, 5.74) is 1.36. The summed E-state index contributed by atoms with van der Waals surface area (Å²) in [7, 11) is 0. The van der Waals surface area contributed by atoms with Crippen LogP contribution in [0, 0.1) is 4.51 Å². The summed E-state index contributed by atoms with van der Waals surface area (Å²) in [4.78, 5) is 0. The molecule has 0 aliphatic heterocycles. The van der Waals surface area contributed by atoms with Crippen molar-refractivity contribution in [1.82, 2.24) is 0 Å². The van der Waals surface area contributed by atoms with Gasteiger partial charge in [-0.15, -0.1) is 11.3 Å². The molecule has 90 valence electrons. The highest BCUT2D eigenvalue weighted by Crippen LogP contribution is 2.31. The molecule has 1 heterocycles. The third kappa shape index (κ3) is 1.86.